The second-order valence-corrected chi connectivity index (χ2v) is 6.00. The number of likely N-dealkylation sites (N-methyl/N-ethyl adjacent to an activating group) is 1. The molecule has 0 saturated carbocycles. The molecule has 0 amide bonds. The summed E-state index contributed by atoms with van der Waals surface area (Å²) in [5.41, 5.74) is 6.41. The second-order valence-electron chi connectivity index (χ2n) is 6.00. The molecule has 0 aromatic carbocycles. The van der Waals surface area contributed by atoms with Crippen LogP contribution < -0.4 is 5.73 Å². The van der Waals surface area contributed by atoms with E-state index in [-0.39, 0.29) is 5.54 Å². The molecule has 2 fully saturated rings. The molecule has 0 aromatic rings. The predicted octanol–water partition coefficient (Wildman–Crippen LogP) is 0.0454. The van der Waals surface area contributed by atoms with Crippen molar-refractivity contribution in [1.82, 2.24) is 14.7 Å². The predicted molar refractivity (Wildman–Crippen MR) is 72.2 cm³/mol. The molecule has 2 aliphatic heterocycles. The lowest BCUT2D eigenvalue weighted by atomic mass is 9.81. The van der Waals surface area contributed by atoms with Crippen molar-refractivity contribution in [2.75, 3.05) is 53.4 Å². The zero-order valence-electron chi connectivity index (χ0n) is 11.7. The van der Waals surface area contributed by atoms with Gasteiger partial charge in [0.25, 0.3) is 0 Å². The number of nitrogens with zero attached hydrogens (tertiary/aromatic N) is 3. The molecule has 0 aromatic heterocycles. The second kappa shape index (κ2) is 5.22. The monoisotopic (exact) mass is 240 g/mol. The Morgan fingerprint density at radius 2 is 1.76 bits per heavy atom. The minimum atomic E-state index is 0.271. The molecule has 2 unspecified atom stereocenters. The lowest BCUT2D eigenvalue weighted by Gasteiger charge is -2.52. The number of nitrogens with two attached hydrogens (primary N) is 1. The molecule has 2 N–H and O–H groups in total. The summed E-state index contributed by atoms with van der Waals surface area (Å²) in [5, 5.41) is 0. The number of piperidine rings is 1. The summed E-state index contributed by atoms with van der Waals surface area (Å²) < 4.78 is 0. The molecule has 17 heavy (non-hydrogen) atoms. The van der Waals surface area contributed by atoms with E-state index < -0.39 is 0 Å². The van der Waals surface area contributed by atoms with E-state index in [1.165, 1.54) is 45.6 Å². The van der Waals surface area contributed by atoms with Crippen LogP contribution in [0.3, 0.4) is 0 Å². The van der Waals surface area contributed by atoms with Crippen LogP contribution in [0.15, 0.2) is 0 Å². The largest absolute Gasteiger partial charge is 0.329 e. The Hall–Kier alpha value is -0.160. The van der Waals surface area contributed by atoms with Crippen molar-refractivity contribution < 1.29 is 0 Å². The van der Waals surface area contributed by atoms with Gasteiger partial charge in [-0.2, -0.15) is 0 Å². The molecular formula is C13H28N4. The Morgan fingerprint density at radius 3 is 2.29 bits per heavy atom. The Kier molecular flexibility index (Phi) is 4.08. The smallest absolute Gasteiger partial charge is 0.0359 e. The van der Waals surface area contributed by atoms with E-state index in [0.717, 1.165) is 6.54 Å². The van der Waals surface area contributed by atoms with Crippen LogP contribution in [-0.2, 0) is 0 Å². The van der Waals surface area contributed by atoms with Crippen molar-refractivity contribution in [3.05, 3.63) is 0 Å². The van der Waals surface area contributed by atoms with Crippen molar-refractivity contribution >= 4 is 0 Å². The van der Waals surface area contributed by atoms with Crippen molar-refractivity contribution in [2.45, 2.75) is 31.3 Å². The van der Waals surface area contributed by atoms with E-state index in [9.17, 15) is 0 Å². The van der Waals surface area contributed by atoms with E-state index in [2.05, 4.69) is 35.7 Å². The molecule has 2 atom stereocenters. The third kappa shape index (κ3) is 2.65. The first-order valence-corrected chi connectivity index (χ1v) is 6.91. The number of likely N-dealkylation sites (tertiary alicyclic amines) is 1. The highest BCUT2D eigenvalue weighted by molar-refractivity contribution is 4.99. The summed E-state index contributed by atoms with van der Waals surface area (Å²) >= 11 is 0. The van der Waals surface area contributed by atoms with Crippen LogP contribution in [0.5, 0.6) is 0 Å². The Bertz CT molecular complexity index is 250. The highest BCUT2D eigenvalue weighted by atomic mass is 15.3. The fourth-order valence-electron chi connectivity index (χ4n) is 3.30. The minimum Gasteiger partial charge on any atom is -0.329 e. The summed E-state index contributed by atoms with van der Waals surface area (Å²) in [6.45, 7) is 9.07. The number of hydrogen-bond donors (Lipinski definition) is 1. The van der Waals surface area contributed by atoms with Crippen LogP contribution >= 0.6 is 0 Å². The molecule has 2 saturated heterocycles. The molecule has 2 rings (SSSR count). The zero-order valence-corrected chi connectivity index (χ0v) is 11.7. The summed E-state index contributed by atoms with van der Waals surface area (Å²) in [6, 6.07) is 0.659. The van der Waals surface area contributed by atoms with Gasteiger partial charge >= 0.3 is 0 Å². The van der Waals surface area contributed by atoms with Gasteiger partial charge in [-0.25, -0.2) is 0 Å². The van der Waals surface area contributed by atoms with Crippen LogP contribution in [-0.4, -0.2) is 79.6 Å². The number of hydrogen-bond acceptors (Lipinski definition) is 4. The van der Waals surface area contributed by atoms with Crippen LogP contribution in [0.4, 0.5) is 0 Å². The molecule has 0 aliphatic carbocycles. The quantitative estimate of drug-likeness (QED) is 0.740. The van der Waals surface area contributed by atoms with Crippen LogP contribution in [0, 0.1) is 0 Å². The Morgan fingerprint density at radius 1 is 1.12 bits per heavy atom. The standard InChI is InChI=1S/C13H28N4/c1-12-10-13(11-14,4-5-16(12)3)17-8-6-15(2)7-9-17/h12H,4-11,14H2,1-3H3. The first kappa shape index (κ1) is 13.3. The van der Waals surface area contributed by atoms with Crippen molar-refractivity contribution in [3.63, 3.8) is 0 Å². The number of piperazine rings is 1. The van der Waals surface area contributed by atoms with Crippen molar-refractivity contribution in [1.29, 1.82) is 0 Å². The van der Waals surface area contributed by atoms with Gasteiger partial charge in [0, 0.05) is 44.3 Å². The maximum atomic E-state index is 6.14. The first-order valence-electron chi connectivity index (χ1n) is 6.91. The fraction of sp³-hybridized carbons (Fsp3) is 1.00. The molecule has 0 spiro atoms. The average Bonchev–Trinajstić information content (AvgIpc) is 2.34. The van der Waals surface area contributed by atoms with Crippen LogP contribution in [0.1, 0.15) is 19.8 Å². The highest BCUT2D eigenvalue weighted by Crippen LogP contribution is 2.31. The third-order valence-corrected chi connectivity index (χ3v) is 4.91. The van der Waals surface area contributed by atoms with Gasteiger partial charge in [0.1, 0.15) is 0 Å². The molecule has 2 heterocycles. The van der Waals surface area contributed by atoms with Gasteiger partial charge < -0.3 is 15.5 Å². The van der Waals surface area contributed by atoms with Gasteiger partial charge in [-0.15, -0.1) is 0 Å². The van der Waals surface area contributed by atoms with Gasteiger partial charge in [0.15, 0.2) is 0 Å². The molecule has 0 radical (unpaired) electrons. The van der Waals surface area contributed by atoms with Crippen LogP contribution in [0.25, 0.3) is 0 Å². The van der Waals surface area contributed by atoms with Gasteiger partial charge in [-0.1, -0.05) is 0 Å². The van der Waals surface area contributed by atoms with Crippen molar-refractivity contribution in [3.8, 4) is 0 Å². The molecule has 0 bridgehead atoms. The van der Waals surface area contributed by atoms with Gasteiger partial charge in [0.05, 0.1) is 0 Å². The van der Waals surface area contributed by atoms with E-state index in [1.54, 1.807) is 0 Å². The zero-order chi connectivity index (χ0) is 12.5. The van der Waals surface area contributed by atoms with Crippen LogP contribution in [0.2, 0.25) is 0 Å². The highest BCUT2D eigenvalue weighted by Gasteiger charge is 2.41. The maximum absolute atomic E-state index is 6.14. The maximum Gasteiger partial charge on any atom is 0.0359 e. The molecule has 4 nitrogen and oxygen atoms in total. The fourth-order valence-corrected chi connectivity index (χ4v) is 3.30. The SMILES string of the molecule is CC1CC(CN)(N2CCN(C)CC2)CCN1C. The van der Waals surface area contributed by atoms with E-state index in [4.69, 9.17) is 5.73 Å². The third-order valence-electron chi connectivity index (χ3n) is 4.91. The lowest BCUT2D eigenvalue weighted by molar-refractivity contribution is -0.0134. The van der Waals surface area contributed by atoms with Gasteiger partial charge in [-0.05, 0) is 40.4 Å². The van der Waals surface area contributed by atoms with Gasteiger partial charge in [-0.3, -0.25) is 4.90 Å². The average molecular weight is 240 g/mol. The molecule has 2 aliphatic rings. The van der Waals surface area contributed by atoms with E-state index >= 15 is 0 Å². The Balaban J connectivity index is 2.04. The Labute approximate surface area is 106 Å². The normalized spacial score (nSPS) is 38.5. The summed E-state index contributed by atoms with van der Waals surface area (Å²) in [5.74, 6) is 0. The first-order chi connectivity index (χ1) is 8.07. The molecule has 4 heteroatoms. The van der Waals surface area contributed by atoms with E-state index in [1.807, 2.05) is 0 Å². The topological polar surface area (TPSA) is 35.7 Å². The number of rotatable bonds is 2. The summed E-state index contributed by atoms with van der Waals surface area (Å²) in [6.07, 6.45) is 2.46. The van der Waals surface area contributed by atoms with Crippen molar-refractivity contribution in [2.24, 2.45) is 5.73 Å². The molecular weight excluding hydrogens is 212 g/mol. The summed E-state index contributed by atoms with van der Waals surface area (Å²) in [7, 11) is 4.44. The lowest BCUT2D eigenvalue weighted by Crippen LogP contribution is -2.64. The summed E-state index contributed by atoms with van der Waals surface area (Å²) in [4.78, 5) is 7.54. The van der Waals surface area contributed by atoms with Gasteiger partial charge in [0.2, 0.25) is 0 Å². The molecule has 100 valence electrons. The van der Waals surface area contributed by atoms with E-state index in [0.29, 0.717) is 6.04 Å². The minimum absolute atomic E-state index is 0.271.